The largest absolute Gasteiger partial charge is 1.00 e. The van der Waals surface area contributed by atoms with Crippen LogP contribution in [0, 0.1) is 0 Å². The molecule has 82 valence electrons. The minimum absolute atomic E-state index is 0. The molecule has 1 rings (SSSR count). The van der Waals surface area contributed by atoms with E-state index in [0.29, 0.717) is 0 Å². The van der Waals surface area contributed by atoms with Crippen molar-refractivity contribution in [2.75, 3.05) is 0 Å². The molecule has 3 nitrogen and oxygen atoms in total. The number of aliphatic hydroxyl groups excluding tert-OH is 1. The first kappa shape index (κ1) is 17.8. The molecule has 0 aliphatic carbocycles. The third-order valence-electron chi connectivity index (χ3n) is 1.74. The number of aliphatic hydroxyl groups is 1. The molecule has 0 aromatic heterocycles. The van der Waals surface area contributed by atoms with Crippen molar-refractivity contribution in [2.45, 2.75) is 19.4 Å². The van der Waals surface area contributed by atoms with Crippen LogP contribution in [-0.2, 0) is 4.79 Å². The van der Waals surface area contributed by atoms with Gasteiger partial charge in [-0.25, -0.2) is 0 Å². The number of carboxylic acid groups (broad SMARTS) is 1. The molecule has 16 heavy (non-hydrogen) atoms. The van der Waals surface area contributed by atoms with Gasteiger partial charge in [-0.3, -0.25) is 0 Å². The first-order valence-corrected chi connectivity index (χ1v) is 4.68. The van der Waals surface area contributed by atoms with E-state index < -0.39 is 5.97 Å². The van der Waals surface area contributed by atoms with Gasteiger partial charge in [0.1, 0.15) is 0 Å². The van der Waals surface area contributed by atoms with Gasteiger partial charge in [-0.15, -0.1) is 0 Å². The number of carboxylic acids is 1. The second-order valence-corrected chi connectivity index (χ2v) is 2.86. The van der Waals surface area contributed by atoms with Crippen LogP contribution in [-0.4, -0.2) is 11.1 Å². The Morgan fingerprint density at radius 2 is 1.94 bits per heavy atom. The summed E-state index contributed by atoms with van der Waals surface area (Å²) in [5.41, 5.74) is 1.00. The summed E-state index contributed by atoms with van der Waals surface area (Å²) in [5.74, 6) is -1.23. The van der Waals surface area contributed by atoms with Crippen molar-refractivity contribution in [2.24, 2.45) is 0 Å². The van der Waals surface area contributed by atoms with Crippen LogP contribution in [0.15, 0.2) is 43.0 Å². The van der Waals surface area contributed by atoms with Gasteiger partial charge >= 0.3 is 29.6 Å². The molecule has 0 bridgehead atoms. The molecule has 0 aliphatic heterocycles. The molecule has 1 aromatic carbocycles. The van der Waals surface area contributed by atoms with E-state index in [1.807, 2.05) is 37.3 Å². The third-order valence-corrected chi connectivity index (χ3v) is 1.74. The van der Waals surface area contributed by atoms with Crippen molar-refractivity contribution in [3.63, 3.8) is 0 Å². The molecule has 1 atom stereocenters. The molecule has 0 saturated carbocycles. The number of carbonyl (C=O) groups is 1. The third kappa shape index (κ3) is 8.68. The van der Waals surface area contributed by atoms with Crippen molar-refractivity contribution in [3.8, 4) is 0 Å². The molecule has 1 unspecified atom stereocenters. The zero-order valence-corrected chi connectivity index (χ0v) is 11.7. The van der Waals surface area contributed by atoms with E-state index >= 15 is 0 Å². The van der Waals surface area contributed by atoms with E-state index in [4.69, 9.17) is 9.90 Å². The predicted molar refractivity (Wildman–Crippen MR) is 56.9 cm³/mol. The van der Waals surface area contributed by atoms with Gasteiger partial charge in [-0.05, 0) is 18.1 Å². The van der Waals surface area contributed by atoms with Crippen molar-refractivity contribution in [3.05, 3.63) is 48.6 Å². The molecule has 0 aliphatic rings. The standard InChI is InChI=1S/C9H12O.C3H4O2.Na/c1-2-9(10)8-6-4-3-5-7-8;1-2-3(4)5;/h3-7,9-10H,2H2,1H3;2H,1H2,(H,4,5);/q;;+1/p-1. The fourth-order valence-electron chi connectivity index (χ4n) is 0.911. The summed E-state index contributed by atoms with van der Waals surface area (Å²) in [5, 5.41) is 18.5. The Balaban J connectivity index is 0. The zero-order chi connectivity index (χ0) is 11.7. The van der Waals surface area contributed by atoms with Gasteiger partial charge in [0.15, 0.2) is 0 Å². The van der Waals surface area contributed by atoms with Crippen LogP contribution in [0.5, 0.6) is 0 Å². The molecule has 0 spiro atoms. The molecule has 0 amide bonds. The average Bonchev–Trinajstić information content (AvgIpc) is 2.30. The Hall–Kier alpha value is -0.610. The minimum Gasteiger partial charge on any atom is -0.545 e. The molecular formula is C12H15NaO3. The maximum absolute atomic E-state index is 9.33. The molecule has 1 aromatic rings. The fourth-order valence-corrected chi connectivity index (χ4v) is 0.911. The molecule has 4 heteroatoms. The summed E-state index contributed by atoms with van der Waals surface area (Å²) in [6, 6.07) is 9.70. The van der Waals surface area contributed by atoms with Gasteiger partial charge in [0.05, 0.1) is 12.1 Å². The summed E-state index contributed by atoms with van der Waals surface area (Å²) in [7, 11) is 0. The second kappa shape index (κ2) is 10.9. The van der Waals surface area contributed by atoms with E-state index in [0.717, 1.165) is 18.1 Å². The van der Waals surface area contributed by atoms with Gasteiger partial charge < -0.3 is 15.0 Å². The van der Waals surface area contributed by atoms with Crippen molar-refractivity contribution < 1.29 is 44.6 Å². The summed E-state index contributed by atoms with van der Waals surface area (Å²) in [6.07, 6.45) is 1.21. The number of benzene rings is 1. The number of hydrogen-bond acceptors (Lipinski definition) is 3. The topological polar surface area (TPSA) is 60.4 Å². The van der Waals surface area contributed by atoms with E-state index in [9.17, 15) is 5.11 Å². The molecule has 0 saturated heterocycles. The van der Waals surface area contributed by atoms with Gasteiger partial charge in [0.25, 0.3) is 0 Å². The summed E-state index contributed by atoms with van der Waals surface area (Å²) >= 11 is 0. The first-order valence-electron chi connectivity index (χ1n) is 4.68. The minimum atomic E-state index is -1.23. The maximum Gasteiger partial charge on any atom is 1.00 e. The van der Waals surface area contributed by atoms with Crippen molar-refractivity contribution >= 4 is 5.97 Å². The average molecular weight is 230 g/mol. The Morgan fingerprint density at radius 1 is 1.50 bits per heavy atom. The molecular weight excluding hydrogens is 215 g/mol. The number of carbonyl (C=O) groups excluding carboxylic acids is 1. The quantitative estimate of drug-likeness (QED) is 0.485. The number of rotatable bonds is 3. The molecule has 0 radical (unpaired) electrons. The van der Waals surface area contributed by atoms with E-state index in [1.165, 1.54) is 0 Å². The summed E-state index contributed by atoms with van der Waals surface area (Å²) in [6.45, 7) is 4.87. The number of hydrogen-bond donors (Lipinski definition) is 1. The van der Waals surface area contributed by atoms with Gasteiger partial charge in [-0.1, -0.05) is 43.8 Å². The molecule has 0 heterocycles. The summed E-state index contributed by atoms with van der Waals surface area (Å²) < 4.78 is 0. The van der Waals surface area contributed by atoms with Crippen LogP contribution < -0.4 is 34.7 Å². The Bertz CT molecular complexity index is 298. The van der Waals surface area contributed by atoms with E-state index in [1.54, 1.807) is 0 Å². The molecule has 0 fully saturated rings. The van der Waals surface area contributed by atoms with Crippen molar-refractivity contribution in [1.82, 2.24) is 0 Å². The van der Waals surface area contributed by atoms with E-state index in [2.05, 4.69) is 6.58 Å². The summed E-state index contributed by atoms with van der Waals surface area (Å²) in [4.78, 5) is 9.14. The Morgan fingerprint density at radius 3 is 2.25 bits per heavy atom. The molecule has 1 N–H and O–H groups in total. The Kier molecular flexibility index (Phi) is 12.1. The second-order valence-electron chi connectivity index (χ2n) is 2.86. The first-order chi connectivity index (χ1) is 7.11. The normalized spacial score (nSPS) is 10.1. The fraction of sp³-hybridized carbons (Fsp3) is 0.250. The SMILES string of the molecule is C=CC(=O)[O-].CCC(O)c1ccccc1.[Na+]. The van der Waals surface area contributed by atoms with Gasteiger partial charge in [0.2, 0.25) is 0 Å². The van der Waals surface area contributed by atoms with Gasteiger partial charge in [0, 0.05) is 0 Å². The smallest absolute Gasteiger partial charge is 0.545 e. The Labute approximate surface area is 118 Å². The van der Waals surface area contributed by atoms with Crippen molar-refractivity contribution in [1.29, 1.82) is 0 Å². The van der Waals surface area contributed by atoms with Crippen LogP contribution >= 0.6 is 0 Å². The number of aliphatic carboxylic acids is 1. The van der Waals surface area contributed by atoms with Crippen LogP contribution in [0.3, 0.4) is 0 Å². The van der Waals surface area contributed by atoms with Crippen LogP contribution in [0.2, 0.25) is 0 Å². The van der Waals surface area contributed by atoms with Crippen LogP contribution in [0.4, 0.5) is 0 Å². The maximum atomic E-state index is 9.33. The van der Waals surface area contributed by atoms with Crippen LogP contribution in [0.1, 0.15) is 25.0 Å². The zero-order valence-electron chi connectivity index (χ0n) is 9.72. The predicted octanol–water partition coefficient (Wildman–Crippen LogP) is -1.94. The monoisotopic (exact) mass is 230 g/mol. The van der Waals surface area contributed by atoms with E-state index in [-0.39, 0.29) is 35.7 Å². The van der Waals surface area contributed by atoms with Gasteiger partial charge in [-0.2, -0.15) is 0 Å². The van der Waals surface area contributed by atoms with Crippen LogP contribution in [0.25, 0.3) is 0 Å².